The zero-order valence-electron chi connectivity index (χ0n) is 14.9. The molecule has 0 unspecified atom stereocenters. The van der Waals surface area contributed by atoms with Crippen LogP contribution in [0.1, 0.15) is 71.1 Å². The summed E-state index contributed by atoms with van der Waals surface area (Å²) >= 11 is 5.22. The standard InChI is InChI=1S/C18H34O5S/c1-2-3-4-5-6-7-8-9-10-11-16(24)23-18-14(20)13-22-15(12-19)17(18)21/h14-15,17-21H,2-13H2,1H3/t14-,15+,17+,18+/m1/s1. The van der Waals surface area contributed by atoms with Crippen LogP contribution >= 0.6 is 12.2 Å². The lowest BCUT2D eigenvalue weighted by Crippen LogP contribution is -2.55. The minimum atomic E-state index is -1.07. The quantitative estimate of drug-likeness (QED) is 0.366. The van der Waals surface area contributed by atoms with Crippen LogP contribution in [0.5, 0.6) is 0 Å². The fourth-order valence-electron chi connectivity index (χ4n) is 2.95. The smallest absolute Gasteiger partial charge is 0.160 e. The van der Waals surface area contributed by atoms with Crippen LogP contribution in [0.3, 0.4) is 0 Å². The van der Waals surface area contributed by atoms with Crippen molar-refractivity contribution in [3.63, 3.8) is 0 Å². The summed E-state index contributed by atoms with van der Waals surface area (Å²) in [6, 6.07) is 0. The van der Waals surface area contributed by atoms with Crippen molar-refractivity contribution in [2.75, 3.05) is 13.2 Å². The Balaban J connectivity index is 2.10. The van der Waals surface area contributed by atoms with Gasteiger partial charge in [0, 0.05) is 6.42 Å². The Hall–Kier alpha value is -0.270. The molecule has 1 aliphatic rings. The van der Waals surface area contributed by atoms with Crippen LogP contribution in [-0.2, 0) is 9.47 Å². The van der Waals surface area contributed by atoms with Crippen molar-refractivity contribution < 1.29 is 24.8 Å². The molecule has 0 aromatic heterocycles. The van der Waals surface area contributed by atoms with Gasteiger partial charge in [-0.25, -0.2) is 0 Å². The van der Waals surface area contributed by atoms with Gasteiger partial charge in [0.15, 0.2) is 11.2 Å². The van der Waals surface area contributed by atoms with Crippen LogP contribution < -0.4 is 0 Å². The van der Waals surface area contributed by atoms with E-state index in [1.807, 2.05) is 0 Å². The molecular formula is C18H34O5S. The van der Waals surface area contributed by atoms with Crippen LogP contribution in [0.4, 0.5) is 0 Å². The molecule has 1 fully saturated rings. The first kappa shape index (κ1) is 21.8. The zero-order valence-corrected chi connectivity index (χ0v) is 15.7. The molecule has 1 rings (SSSR count). The van der Waals surface area contributed by atoms with E-state index in [0.717, 1.165) is 12.8 Å². The maximum absolute atomic E-state index is 10.0. The second-order valence-electron chi connectivity index (χ2n) is 6.65. The summed E-state index contributed by atoms with van der Waals surface area (Å²) in [5, 5.41) is 29.5. The van der Waals surface area contributed by atoms with Crippen molar-refractivity contribution in [2.45, 2.75) is 95.5 Å². The summed E-state index contributed by atoms with van der Waals surface area (Å²) in [5.74, 6) is 0. The van der Waals surface area contributed by atoms with E-state index in [9.17, 15) is 10.2 Å². The number of ether oxygens (including phenoxy) is 2. The van der Waals surface area contributed by atoms with Gasteiger partial charge in [-0.05, 0) is 18.6 Å². The predicted octanol–water partition coefficient (Wildman–Crippen LogP) is 2.73. The maximum Gasteiger partial charge on any atom is 0.160 e. The lowest BCUT2D eigenvalue weighted by atomic mass is 10.0. The van der Waals surface area contributed by atoms with Gasteiger partial charge in [0.05, 0.1) is 13.2 Å². The Morgan fingerprint density at radius 3 is 2.21 bits per heavy atom. The highest BCUT2D eigenvalue weighted by atomic mass is 32.1. The molecule has 0 bridgehead atoms. The number of aliphatic hydroxyl groups excluding tert-OH is 3. The maximum atomic E-state index is 10.0. The largest absolute Gasteiger partial charge is 0.478 e. The molecule has 142 valence electrons. The first-order valence-electron chi connectivity index (χ1n) is 9.38. The second kappa shape index (κ2) is 13.0. The van der Waals surface area contributed by atoms with E-state index in [1.165, 1.54) is 44.9 Å². The highest BCUT2D eigenvalue weighted by Gasteiger charge is 2.40. The number of aliphatic hydroxyl groups is 3. The number of rotatable bonds is 12. The number of hydrogen-bond acceptors (Lipinski definition) is 6. The van der Waals surface area contributed by atoms with Crippen molar-refractivity contribution in [1.82, 2.24) is 0 Å². The summed E-state index contributed by atoms with van der Waals surface area (Å²) in [4.78, 5) is 0. The van der Waals surface area contributed by atoms with Crippen LogP contribution in [0.15, 0.2) is 0 Å². The molecule has 5 nitrogen and oxygen atoms in total. The Morgan fingerprint density at radius 1 is 1.04 bits per heavy atom. The van der Waals surface area contributed by atoms with Gasteiger partial charge in [-0.2, -0.15) is 0 Å². The third-order valence-corrected chi connectivity index (χ3v) is 4.81. The average Bonchev–Trinajstić information content (AvgIpc) is 2.57. The van der Waals surface area contributed by atoms with Crippen LogP contribution in [-0.4, -0.2) is 58.0 Å². The van der Waals surface area contributed by atoms with Crippen molar-refractivity contribution in [1.29, 1.82) is 0 Å². The van der Waals surface area contributed by atoms with Gasteiger partial charge >= 0.3 is 0 Å². The van der Waals surface area contributed by atoms with E-state index in [1.54, 1.807) is 0 Å². The Morgan fingerprint density at radius 2 is 1.62 bits per heavy atom. The lowest BCUT2D eigenvalue weighted by molar-refractivity contribution is -0.190. The second-order valence-corrected chi connectivity index (χ2v) is 7.10. The molecule has 0 radical (unpaired) electrons. The molecule has 1 heterocycles. The minimum absolute atomic E-state index is 0.0353. The van der Waals surface area contributed by atoms with Gasteiger partial charge in [0.25, 0.3) is 0 Å². The summed E-state index contributed by atoms with van der Waals surface area (Å²) in [6.45, 7) is 1.96. The van der Waals surface area contributed by atoms with Crippen molar-refractivity contribution in [3.8, 4) is 0 Å². The van der Waals surface area contributed by atoms with Gasteiger partial charge in [0.1, 0.15) is 18.3 Å². The topological polar surface area (TPSA) is 79.2 Å². The fraction of sp³-hybridized carbons (Fsp3) is 0.944. The van der Waals surface area contributed by atoms with Crippen molar-refractivity contribution in [2.24, 2.45) is 0 Å². The molecule has 1 aliphatic heterocycles. The molecule has 6 heteroatoms. The summed E-state index contributed by atoms with van der Waals surface area (Å²) < 4.78 is 10.7. The molecule has 0 aliphatic carbocycles. The fourth-order valence-corrected chi connectivity index (χ4v) is 3.21. The highest BCUT2D eigenvalue weighted by Crippen LogP contribution is 2.20. The van der Waals surface area contributed by atoms with Crippen LogP contribution in [0.25, 0.3) is 0 Å². The highest BCUT2D eigenvalue weighted by molar-refractivity contribution is 7.80. The van der Waals surface area contributed by atoms with E-state index in [-0.39, 0.29) is 13.2 Å². The normalized spacial score (nSPS) is 27.2. The minimum Gasteiger partial charge on any atom is -0.478 e. The molecule has 0 amide bonds. The molecule has 0 saturated carbocycles. The number of unbranched alkanes of at least 4 members (excludes halogenated alkanes) is 8. The molecular weight excluding hydrogens is 328 g/mol. The third-order valence-electron chi connectivity index (χ3n) is 4.51. The summed E-state index contributed by atoms with van der Waals surface area (Å²) in [5.41, 5.74) is 0. The molecule has 0 spiro atoms. The summed E-state index contributed by atoms with van der Waals surface area (Å²) in [7, 11) is 0. The van der Waals surface area contributed by atoms with Gasteiger partial charge in [-0.15, -0.1) is 0 Å². The first-order chi connectivity index (χ1) is 11.6. The van der Waals surface area contributed by atoms with E-state index >= 15 is 0 Å². The van der Waals surface area contributed by atoms with Crippen molar-refractivity contribution >= 4 is 17.3 Å². The van der Waals surface area contributed by atoms with Crippen LogP contribution in [0.2, 0.25) is 0 Å². The van der Waals surface area contributed by atoms with Gasteiger partial charge in [-0.1, -0.05) is 58.3 Å². The van der Waals surface area contributed by atoms with Crippen LogP contribution in [0, 0.1) is 0 Å². The Labute approximate surface area is 151 Å². The number of thiocarbonyl (C=S) groups is 1. The SMILES string of the molecule is CCCCCCCCCCCC(=S)O[C@@H]1[C@@H](O)[C@H](CO)OC[C@H]1O. The Kier molecular flexibility index (Phi) is 11.8. The molecule has 24 heavy (non-hydrogen) atoms. The third kappa shape index (κ3) is 8.21. The van der Waals surface area contributed by atoms with Crippen molar-refractivity contribution in [3.05, 3.63) is 0 Å². The first-order valence-corrected chi connectivity index (χ1v) is 9.79. The molecule has 4 atom stereocenters. The van der Waals surface area contributed by atoms with E-state index in [0.29, 0.717) is 11.5 Å². The lowest BCUT2D eigenvalue weighted by Gasteiger charge is -2.37. The monoisotopic (exact) mass is 362 g/mol. The zero-order chi connectivity index (χ0) is 17.8. The molecule has 0 aromatic carbocycles. The number of hydrogen-bond donors (Lipinski definition) is 3. The van der Waals surface area contributed by atoms with Gasteiger partial charge in [0.2, 0.25) is 0 Å². The molecule has 0 aromatic rings. The average molecular weight is 363 g/mol. The van der Waals surface area contributed by atoms with E-state index < -0.39 is 24.4 Å². The predicted molar refractivity (Wildman–Crippen MR) is 98.2 cm³/mol. The van der Waals surface area contributed by atoms with Gasteiger partial charge in [-0.3, -0.25) is 0 Å². The molecule has 1 saturated heterocycles. The molecule has 3 N–H and O–H groups in total. The summed E-state index contributed by atoms with van der Waals surface area (Å²) in [6.07, 6.45) is 8.30. The van der Waals surface area contributed by atoms with E-state index in [4.69, 9.17) is 26.8 Å². The van der Waals surface area contributed by atoms with E-state index in [2.05, 4.69) is 6.92 Å². The van der Waals surface area contributed by atoms with Gasteiger partial charge < -0.3 is 24.8 Å². The Bertz CT molecular complexity index is 339.